The zero-order valence-corrected chi connectivity index (χ0v) is 21.0. The lowest BCUT2D eigenvalue weighted by molar-refractivity contribution is -0.214. The maximum atomic E-state index is 14.1. The van der Waals surface area contributed by atoms with Crippen LogP contribution < -0.4 is 4.90 Å². The molecule has 1 amide bonds. The van der Waals surface area contributed by atoms with Crippen molar-refractivity contribution in [3.63, 3.8) is 0 Å². The SMILES string of the molecule is CC[C@@]12CCC(=O)N3CC[C@]45c6ccccc6N(C)[C@H]4[C@](C(=O)OC)(O[C@@]315)[C@H]2OCc1ccccc1. The van der Waals surface area contributed by atoms with Crippen LogP contribution in [0.5, 0.6) is 0 Å². The molecular formula is C29H32N2O5. The van der Waals surface area contributed by atoms with E-state index in [4.69, 9.17) is 14.2 Å². The van der Waals surface area contributed by atoms with E-state index in [1.807, 2.05) is 48.3 Å². The van der Waals surface area contributed by atoms with Crippen LogP contribution in [0.25, 0.3) is 0 Å². The normalized spacial score (nSPS) is 39.2. The van der Waals surface area contributed by atoms with Crippen molar-refractivity contribution in [2.45, 2.75) is 68.1 Å². The third-order valence-corrected chi connectivity index (χ3v) is 10.1. The van der Waals surface area contributed by atoms with Crippen molar-refractivity contribution in [2.75, 3.05) is 25.6 Å². The highest BCUT2D eigenvalue weighted by Crippen LogP contribution is 2.80. The molecule has 36 heavy (non-hydrogen) atoms. The number of esters is 1. The van der Waals surface area contributed by atoms with E-state index in [0.717, 1.165) is 24.1 Å². The Kier molecular flexibility index (Phi) is 4.40. The van der Waals surface area contributed by atoms with E-state index >= 15 is 0 Å². The molecule has 0 saturated carbocycles. The second-order valence-corrected chi connectivity index (χ2v) is 11.0. The van der Waals surface area contributed by atoms with Crippen LogP contribution in [-0.2, 0) is 35.8 Å². The number of amides is 1. The van der Waals surface area contributed by atoms with E-state index in [2.05, 4.69) is 30.0 Å². The molecule has 2 aromatic carbocycles. The summed E-state index contributed by atoms with van der Waals surface area (Å²) in [6.45, 7) is 3.12. The lowest BCUT2D eigenvalue weighted by Crippen LogP contribution is -2.76. The van der Waals surface area contributed by atoms with Gasteiger partial charge in [-0.1, -0.05) is 55.5 Å². The lowest BCUT2D eigenvalue weighted by Gasteiger charge is -2.60. The summed E-state index contributed by atoms with van der Waals surface area (Å²) in [6.07, 6.45) is 1.97. The van der Waals surface area contributed by atoms with Gasteiger partial charge in [-0.2, -0.15) is 0 Å². The highest BCUT2D eigenvalue weighted by molar-refractivity contribution is 5.91. The minimum Gasteiger partial charge on any atom is -0.467 e. The number of hydrogen-bond donors (Lipinski definition) is 0. The largest absolute Gasteiger partial charge is 0.467 e. The molecule has 0 unspecified atom stereocenters. The number of hydrogen-bond acceptors (Lipinski definition) is 6. The zero-order chi connectivity index (χ0) is 24.9. The van der Waals surface area contributed by atoms with Crippen molar-refractivity contribution in [3.05, 3.63) is 65.7 Å². The summed E-state index contributed by atoms with van der Waals surface area (Å²) in [7, 11) is 3.47. The van der Waals surface area contributed by atoms with Gasteiger partial charge in [0.1, 0.15) is 6.10 Å². The second-order valence-electron chi connectivity index (χ2n) is 11.0. The number of methoxy groups -OCH3 is 1. The van der Waals surface area contributed by atoms with Crippen LogP contribution in [0.4, 0.5) is 5.69 Å². The lowest BCUT2D eigenvalue weighted by atomic mass is 9.48. The van der Waals surface area contributed by atoms with E-state index in [1.54, 1.807) is 0 Å². The summed E-state index contributed by atoms with van der Waals surface area (Å²) in [5.74, 6) is -0.311. The molecule has 7 rings (SSSR count). The van der Waals surface area contributed by atoms with Crippen LogP contribution in [0, 0.1) is 5.41 Å². The maximum absolute atomic E-state index is 14.1. The second kappa shape index (κ2) is 7.11. The summed E-state index contributed by atoms with van der Waals surface area (Å²) in [6, 6.07) is 18.1. The van der Waals surface area contributed by atoms with Crippen molar-refractivity contribution in [1.29, 1.82) is 0 Å². The number of carbonyl (C=O) groups is 2. The Morgan fingerprint density at radius 1 is 1.11 bits per heavy atom. The molecule has 5 aliphatic rings. The highest BCUT2D eigenvalue weighted by atomic mass is 16.6. The van der Waals surface area contributed by atoms with Crippen LogP contribution in [0.2, 0.25) is 0 Å². The Hall–Kier alpha value is -2.90. The first-order valence-corrected chi connectivity index (χ1v) is 13.0. The van der Waals surface area contributed by atoms with E-state index in [-0.39, 0.29) is 11.9 Å². The molecule has 5 aliphatic heterocycles. The average Bonchev–Trinajstić information content (AvgIpc) is 3.56. The van der Waals surface area contributed by atoms with Crippen molar-refractivity contribution >= 4 is 17.6 Å². The third kappa shape index (κ3) is 2.09. The fourth-order valence-corrected chi connectivity index (χ4v) is 9.09. The molecular weight excluding hydrogens is 456 g/mol. The number of piperidine rings is 1. The maximum Gasteiger partial charge on any atom is 0.343 e. The first-order valence-electron chi connectivity index (χ1n) is 13.0. The van der Waals surface area contributed by atoms with Crippen molar-refractivity contribution in [1.82, 2.24) is 4.90 Å². The molecule has 188 valence electrons. The van der Waals surface area contributed by atoms with E-state index in [9.17, 15) is 9.59 Å². The van der Waals surface area contributed by atoms with Gasteiger partial charge in [0.05, 0.1) is 25.2 Å². The quantitative estimate of drug-likeness (QED) is 0.601. The number of para-hydroxylation sites is 1. The van der Waals surface area contributed by atoms with Crippen molar-refractivity contribution in [3.8, 4) is 0 Å². The van der Waals surface area contributed by atoms with Gasteiger partial charge in [0.15, 0.2) is 5.72 Å². The molecule has 5 heterocycles. The van der Waals surface area contributed by atoms with Gasteiger partial charge in [-0.3, -0.25) is 4.79 Å². The Bertz CT molecular complexity index is 1270. The van der Waals surface area contributed by atoms with Gasteiger partial charge in [0.25, 0.3) is 0 Å². The Labute approximate surface area is 211 Å². The summed E-state index contributed by atoms with van der Waals surface area (Å²) in [5, 5.41) is 0. The van der Waals surface area contributed by atoms with Crippen LogP contribution in [-0.4, -0.2) is 61.0 Å². The standard InChI is InChI=1S/C29H32N2O5/c1-4-26-15-14-22(32)31-17-16-27-20-12-8-9-13-21(20)30(2)23(27)28(25(33)34-3,36-29(26,27)31)24(26)35-18-19-10-6-5-7-11-19/h5-13,23-24H,4,14-18H2,1-3H3/t23-,24+,26+,27+,28+,29+/m1/s1. The van der Waals surface area contributed by atoms with E-state index in [0.29, 0.717) is 26.0 Å². The van der Waals surface area contributed by atoms with Crippen LogP contribution >= 0.6 is 0 Å². The molecule has 4 saturated heterocycles. The number of rotatable bonds is 5. The van der Waals surface area contributed by atoms with E-state index in [1.165, 1.54) is 12.7 Å². The highest BCUT2D eigenvalue weighted by Gasteiger charge is 2.95. The average molecular weight is 489 g/mol. The zero-order valence-electron chi connectivity index (χ0n) is 21.0. The molecule has 2 aromatic rings. The Balaban J connectivity index is 1.50. The molecule has 7 heteroatoms. The fraction of sp³-hybridized carbons (Fsp3) is 0.517. The summed E-state index contributed by atoms with van der Waals surface area (Å²) < 4.78 is 19.6. The van der Waals surface area contributed by atoms with Crippen molar-refractivity contribution < 1.29 is 23.8 Å². The number of ether oxygens (including phenoxy) is 3. The van der Waals surface area contributed by atoms with Gasteiger partial charge in [-0.25, -0.2) is 4.79 Å². The monoisotopic (exact) mass is 488 g/mol. The summed E-state index contributed by atoms with van der Waals surface area (Å²) in [5.41, 5.74) is -0.123. The Morgan fingerprint density at radius 3 is 2.61 bits per heavy atom. The minimum atomic E-state index is -1.36. The van der Waals surface area contributed by atoms with Gasteiger partial charge in [-0.05, 0) is 36.5 Å². The number of nitrogens with zero attached hydrogens (tertiary/aromatic N) is 2. The minimum absolute atomic E-state index is 0.103. The molecule has 0 N–H and O–H groups in total. The van der Waals surface area contributed by atoms with Gasteiger partial charge in [-0.15, -0.1) is 0 Å². The number of likely N-dealkylation sites (N-methyl/N-ethyl adjacent to an activating group) is 1. The molecule has 7 nitrogen and oxygen atoms in total. The van der Waals surface area contributed by atoms with E-state index < -0.39 is 34.2 Å². The Morgan fingerprint density at radius 2 is 1.86 bits per heavy atom. The van der Waals surface area contributed by atoms with Crippen molar-refractivity contribution in [2.24, 2.45) is 5.41 Å². The number of anilines is 1. The first-order chi connectivity index (χ1) is 17.4. The fourth-order valence-electron chi connectivity index (χ4n) is 9.09. The molecule has 2 bridgehead atoms. The predicted octanol–water partition coefficient (Wildman–Crippen LogP) is 3.40. The van der Waals surface area contributed by atoms with Crippen LogP contribution in [0.1, 0.15) is 43.7 Å². The molecule has 0 aliphatic carbocycles. The molecule has 4 fully saturated rings. The number of fused-ring (bicyclic) bond motifs is 3. The molecule has 0 radical (unpaired) electrons. The summed E-state index contributed by atoms with van der Waals surface area (Å²) >= 11 is 0. The smallest absolute Gasteiger partial charge is 0.343 e. The van der Waals surface area contributed by atoms with Gasteiger partial charge >= 0.3 is 5.97 Å². The van der Waals surface area contributed by atoms with Gasteiger partial charge in [0, 0.05) is 31.1 Å². The number of carbonyl (C=O) groups excluding carboxylic acids is 2. The van der Waals surface area contributed by atoms with Gasteiger partial charge < -0.3 is 24.0 Å². The first kappa shape index (κ1) is 22.3. The molecule has 0 aromatic heterocycles. The molecule has 2 spiro atoms. The topological polar surface area (TPSA) is 68.3 Å². The predicted molar refractivity (Wildman–Crippen MR) is 132 cm³/mol. The summed E-state index contributed by atoms with van der Waals surface area (Å²) in [4.78, 5) is 31.7. The molecule has 6 atom stereocenters. The number of benzene rings is 2. The van der Waals surface area contributed by atoms with Crippen LogP contribution in [0.3, 0.4) is 0 Å². The van der Waals surface area contributed by atoms with Crippen LogP contribution in [0.15, 0.2) is 54.6 Å². The van der Waals surface area contributed by atoms with Gasteiger partial charge in [0.2, 0.25) is 11.5 Å². The third-order valence-electron chi connectivity index (χ3n) is 10.1.